The highest BCUT2D eigenvalue weighted by Gasteiger charge is 2.31. The van der Waals surface area contributed by atoms with Crippen LogP contribution >= 0.6 is 23.4 Å². The molecule has 0 fully saturated rings. The molecule has 1 amide bonds. The van der Waals surface area contributed by atoms with Crippen LogP contribution in [0.2, 0.25) is 5.02 Å². The van der Waals surface area contributed by atoms with Gasteiger partial charge in [-0.2, -0.15) is 13.2 Å². The Kier molecular flexibility index (Phi) is 8.09. The van der Waals surface area contributed by atoms with Crippen LogP contribution in [0.4, 0.5) is 18.9 Å². The smallest absolute Gasteiger partial charge is 0.416 e. The predicted molar refractivity (Wildman–Crippen MR) is 119 cm³/mol. The second kappa shape index (κ2) is 10.8. The first-order valence-corrected chi connectivity index (χ1v) is 11.1. The van der Waals surface area contributed by atoms with Gasteiger partial charge in [0.1, 0.15) is 18.1 Å². The van der Waals surface area contributed by atoms with Crippen molar-refractivity contribution in [2.24, 2.45) is 0 Å². The Labute approximate surface area is 197 Å². The van der Waals surface area contributed by atoms with E-state index < -0.39 is 17.6 Å². The first kappa shape index (κ1) is 24.7. The van der Waals surface area contributed by atoms with Crippen molar-refractivity contribution in [1.29, 1.82) is 0 Å². The number of alkyl halides is 3. The fourth-order valence-electron chi connectivity index (χ4n) is 2.78. The molecule has 0 atom stereocenters. The number of hydrogen-bond acceptors (Lipinski definition) is 6. The van der Waals surface area contributed by atoms with Crippen molar-refractivity contribution in [3.8, 4) is 11.5 Å². The molecule has 33 heavy (non-hydrogen) atoms. The van der Waals surface area contributed by atoms with E-state index in [1.54, 1.807) is 35.9 Å². The number of rotatable bonds is 9. The van der Waals surface area contributed by atoms with Crippen molar-refractivity contribution in [3.63, 3.8) is 0 Å². The van der Waals surface area contributed by atoms with Crippen molar-refractivity contribution in [2.75, 3.05) is 18.2 Å². The average molecular weight is 501 g/mol. The van der Waals surface area contributed by atoms with Crippen LogP contribution in [0, 0.1) is 0 Å². The van der Waals surface area contributed by atoms with Gasteiger partial charge in [0.05, 0.1) is 29.1 Å². The number of carbonyl (C=O) groups is 1. The van der Waals surface area contributed by atoms with Crippen LogP contribution in [0.25, 0.3) is 0 Å². The lowest BCUT2D eigenvalue weighted by Crippen LogP contribution is -2.16. The Bertz CT molecular complexity index is 1110. The predicted octanol–water partition coefficient (Wildman–Crippen LogP) is 5.29. The normalized spacial score (nSPS) is 11.3. The molecule has 1 heterocycles. The molecule has 0 aliphatic heterocycles. The van der Waals surface area contributed by atoms with Gasteiger partial charge in [-0.15, -0.1) is 10.2 Å². The van der Waals surface area contributed by atoms with Gasteiger partial charge in [-0.1, -0.05) is 23.4 Å². The number of methoxy groups -OCH3 is 1. The van der Waals surface area contributed by atoms with Gasteiger partial charge in [0, 0.05) is 6.54 Å². The number of ether oxygens (including phenoxy) is 2. The van der Waals surface area contributed by atoms with Crippen LogP contribution in [0.5, 0.6) is 11.5 Å². The van der Waals surface area contributed by atoms with Gasteiger partial charge in [-0.05, 0) is 49.4 Å². The SMILES string of the molecule is CCn1c(COc2ccc(OC)cc2)nnc1SCC(=O)Nc1cc(C(F)(F)F)ccc1Cl. The molecule has 12 heteroatoms. The average Bonchev–Trinajstić information content (AvgIpc) is 3.19. The molecule has 0 bridgehead atoms. The summed E-state index contributed by atoms with van der Waals surface area (Å²) in [6.45, 7) is 2.60. The molecule has 7 nitrogen and oxygen atoms in total. The molecule has 1 N–H and O–H groups in total. The van der Waals surface area contributed by atoms with Crippen molar-refractivity contribution in [3.05, 3.63) is 58.9 Å². The lowest BCUT2D eigenvalue weighted by Gasteiger charge is -2.12. The summed E-state index contributed by atoms with van der Waals surface area (Å²) in [6.07, 6.45) is -4.54. The highest BCUT2D eigenvalue weighted by atomic mass is 35.5. The van der Waals surface area contributed by atoms with Gasteiger partial charge in [-0.25, -0.2) is 0 Å². The molecular formula is C21H20ClF3N4O3S. The van der Waals surface area contributed by atoms with E-state index in [4.69, 9.17) is 21.1 Å². The fraction of sp³-hybridized carbons (Fsp3) is 0.286. The number of thioether (sulfide) groups is 1. The van der Waals surface area contributed by atoms with Crippen LogP contribution in [-0.2, 0) is 24.1 Å². The summed E-state index contributed by atoms with van der Waals surface area (Å²) in [5.74, 6) is 1.29. The highest BCUT2D eigenvalue weighted by molar-refractivity contribution is 7.99. The van der Waals surface area contributed by atoms with E-state index in [0.717, 1.165) is 30.0 Å². The molecule has 2 aromatic carbocycles. The minimum atomic E-state index is -4.54. The molecule has 3 aromatic rings. The molecule has 0 unspecified atom stereocenters. The van der Waals surface area contributed by atoms with Crippen LogP contribution in [0.3, 0.4) is 0 Å². The summed E-state index contributed by atoms with van der Waals surface area (Å²) in [7, 11) is 1.58. The fourth-order valence-corrected chi connectivity index (χ4v) is 3.77. The Morgan fingerprint density at radius 1 is 1.15 bits per heavy atom. The molecule has 3 rings (SSSR count). The summed E-state index contributed by atoms with van der Waals surface area (Å²) in [5, 5.41) is 11.1. The van der Waals surface area contributed by atoms with Gasteiger partial charge in [-0.3, -0.25) is 4.79 Å². The van der Waals surface area contributed by atoms with Crippen LogP contribution in [-0.4, -0.2) is 33.5 Å². The van der Waals surface area contributed by atoms with Gasteiger partial charge in [0.2, 0.25) is 5.91 Å². The lowest BCUT2D eigenvalue weighted by molar-refractivity contribution is -0.137. The van der Waals surface area contributed by atoms with Gasteiger partial charge in [0.15, 0.2) is 11.0 Å². The number of hydrogen-bond donors (Lipinski definition) is 1. The van der Waals surface area contributed by atoms with Gasteiger partial charge < -0.3 is 19.4 Å². The zero-order valence-electron chi connectivity index (χ0n) is 17.6. The third-order valence-electron chi connectivity index (χ3n) is 4.44. The van der Waals surface area contributed by atoms with E-state index in [0.29, 0.717) is 29.0 Å². The van der Waals surface area contributed by atoms with Gasteiger partial charge in [0.25, 0.3) is 0 Å². The second-order valence-electron chi connectivity index (χ2n) is 6.64. The largest absolute Gasteiger partial charge is 0.497 e. The first-order chi connectivity index (χ1) is 15.7. The van der Waals surface area contributed by atoms with Crippen molar-refractivity contribution >= 4 is 35.0 Å². The number of aromatic nitrogens is 3. The number of carbonyl (C=O) groups excluding carboxylic acids is 1. The summed E-state index contributed by atoms with van der Waals surface area (Å²) in [6, 6.07) is 9.83. The highest BCUT2D eigenvalue weighted by Crippen LogP contribution is 2.34. The van der Waals surface area contributed by atoms with Crippen LogP contribution < -0.4 is 14.8 Å². The number of halogens is 4. The van der Waals surface area contributed by atoms with Crippen molar-refractivity contribution in [2.45, 2.75) is 31.4 Å². The monoisotopic (exact) mass is 500 g/mol. The van der Waals surface area contributed by atoms with Crippen molar-refractivity contribution in [1.82, 2.24) is 14.8 Å². The third-order valence-corrected chi connectivity index (χ3v) is 5.73. The zero-order valence-corrected chi connectivity index (χ0v) is 19.2. The molecule has 0 spiro atoms. The van der Waals surface area contributed by atoms with Gasteiger partial charge >= 0.3 is 6.18 Å². The van der Waals surface area contributed by atoms with Crippen LogP contribution in [0.1, 0.15) is 18.3 Å². The Morgan fingerprint density at radius 3 is 2.48 bits per heavy atom. The maximum atomic E-state index is 12.9. The van der Waals surface area contributed by atoms with Crippen LogP contribution in [0.15, 0.2) is 47.6 Å². The third kappa shape index (κ3) is 6.55. The van der Waals surface area contributed by atoms with E-state index in [2.05, 4.69) is 15.5 Å². The van der Waals surface area contributed by atoms with E-state index in [9.17, 15) is 18.0 Å². The lowest BCUT2D eigenvalue weighted by atomic mass is 10.2. The van der Waals surface area contributed by atoms with E-state index in [-0.39, 0.29) is 23.1 Å². The summed E-state index contributed by atoms with van der Waals surface area (Å²) >= 11 is 7.03. The molecule has 0 aliphatic rings. The maximum Gasteiger partial charge on any atom is 0.416 e. The Hall–Kier alpha value is -2.92. The molecule has 0 saturated heterocycles. The standard InChI is InChI=1S/C21H20ClF3N4O3S/c1-3-29-18(11-32-15-7-5-14(31-2)6-8-15)27-28-20(29)33-12-19(30)26-17-10-13(21(23,24)25)4-9-16(17)22/h4-10H,3,11-12H2,1-2H3,(H,26,30). The minimum absolute atomic E-state index is 0.0102. The molecule has 0 saturated carbocycles. The number of amides is 1. The van der Waals surface area contributed by atoms with E-state index in [1.165, 1.54) is 0 Å². The number of anilines is 1. The molecular weight excluding hydrogens is 481 g/mol. The van der Waals surface area contributed by atoms with Crippen molar-refractivity contribution < 1.29 is 27.4 Å². The minimum Gasteiger partial charge on any atom is -0.497 e. The molecule has 0 aliphatic carbocycles. The Balaban J connectivity index is 1.60. The first-order valence-electron chi connectivity index (χ1n) is 9.69. The summed E-state index contributed by atoms with van der Waals surface area (Å²) in [4.78, 5) is 12.3. The second-order valence-corrected chi connectivity index (χ2v) is 7.99. The Morgan fingerprint density at radius 2 is 1.85 bits per heavy atom. The maximum absolute atomic E-state index is 12.9. The number of nitrogens with zero attached hydrogens (tertiary/aromatic N) is 3. The molecule has 1 aromatic heterocycles. The van der Waals surface area contributed by atoms with E-state index >= 15 is 0 Å². The molecule has 0 radical (unpaired) electrons. The van der Waals surface area contributed by atoms with E-state index in [1.807, 2.05) is 6.92 Å². The quantitative estimate of drug-likeness (QED) is 0.402. The number of benzene rings is 2. The summed E-state index contributed by atoms with van der Waals surface area (Å²) < 4.78 is 51.3. The topological polar surface area (TPSA) is 78.3 Å². The zero-order chi connectivity index (χ0) is 24.0. The number of nitrogens with one attached hydrogen (secondary N) is 1. The molecule has 176 valence electrons. The summed E-state index contributed by atoms with van der Waals surface area (Å²) in [5.41, 5.74) is -1.01.